The van der Waals surface area contributed by atoms with Crippen molar-refractivity contribution >= 4 is 29.1 Å². The number of thiophene rings is 1. The second kappa shape index (κ2) is 7.33. The van der Waals surface area contributed by atoms with Gasteiger partial charge in [0.05, 0.1) is 5.56 Å². The highest BCUT2D eigenvalue weighted by atomic mass is 32.1. The van der Waals surface area contributed by atoms with Crippen LogP contribution in [0.4, 0.5) is 0 Å². The molecule has 2 aliphatic rings. The predicted molar refractivity (Wildman–Crippen MR) is 99.6 cm³/mol. The fourth-order valence-electron chi connectivity index (χ4n) is 3.14. The molecule has 0 atom stereocenters. The lowest BCUT2D eigenvalue weighted by Crippen LogP contribution is -2.38. The normalized spacial score (nSPS) is 17.9. The molecule has 6 heteroatoms. The van der Waals surface area contributed by atoms with Crippen LogP contribution < -0.4 is 9.47 Å². The number of amides is 1. The molecule has 4 rings (SSSR count). The molecule has 0 aliphatic carbocycles. The van der Waals surface area contributed by atoms with Crippen LogP contribution >= 0.6 is 11.3 Å². The van der Waals surface area contributed by atoms with Gasteiger partial charge >= 0.3 is 0 Å². The van der Waals surface area contributed by atoms with Crippen LogP contribution in [-0.2, 0) is 4.79 Å². The summed E-state index contributed by atoms with van der Waals surface area (Å²) in [7, 11) is 0. The van der Waals surface area contributed by atoms with Gasteiger partial charge in [-0.05, 0) is 42.8 Å². The fraction of sp³-hybridized carbons (Fsp3) is 0.300. The number of nitrogens with zero attached hydrogens (tertiary/aromatic N) is 1. The van der Waals surface area contributed by atoms with E-state index in [1.807, 2.05) is 22.4 Å². The topological polar surface area (TPSA) is 55.8 Å². The molecule has 5 nitrogen and oxygen atoms in total. The number of piperidine rings is 1. The van der Waals surface area contributed by atoms with Crippen molar-refractivity contribution in [3.63, 3.8) is 0 Å². The third-order valence-corrected chi connectivity index (χ3v) is 5.35. The predicted octanol–water partition coefficient (Wildman–Crippen LogP) is 3.76. The lowest BCUT2D eigenvalue weighted by molar-refractivity contribution is -0.134. The zero-order chi connectivity index (χ0) is 17.9. The van der Waals surface area contributed by atoms with Crippen molar-refractivity contribution in [1.29, 1.82) is 0 Å². The van der Waals surface area contributed by atoms with Gasteiger partial charge in [0.15, 0.2) is 12.4 Å². The first kappa shape index (κ1) is 16.8. The standard InChI is InChI=1S/C20H19NO4S/c22-19(21-8-2-1-3-9-21)13-24-14-6-7-16-17(11-14)25-18(20(16)23)12-15-5-4-10-26-15/h4-7,10-12H,1-3,8-9,13H2. The molecule has 1 amide bonds. The average molecular weight is 369 g/mol. The van der Waals surface area contributed by atoms with Gasteiger partial charge in [0.25, 0.3) is 5.91 Å². The minimum atomic E-state index is -0.135. The van der Waals surface area contributed by atoms with Crippen molar-refractivity contribution in [2.24, 2.45) is 0 Å². The van der Waals surface area contributed by atoms with E-state index in [0.29, 0.717) is 22.8 Å². The number of hydrogen-bond donors (Lipinski definition) is 0. The van der Waals surface area contributed by atoms with E-state index in [2.05, 4.69) is 0 Å². The Hall–Kier alpha value is -2.60. The summed E-state index contributed by atoms with van der Waals surface area (Å²) in [4.78, 5) is 27.4. The Morgan fingerprint density at radius 1 is 1.23 bits per heavy atom. The van der Waals surface area contributed by atoms with Crippen LogP contribution in [0.2, 0.25) is 0 Å². The minimum Gasteiger partial charge on any atom is -0.484 e. The highest BCUT2D eigenvalue weighted by molar-refractivity contribution is 7.10. The smallest absolute Gasteiger partial charge is 0.260 e. The van der Waals surface area contributed by atoms with E-state index in [0.717, 1.165) is 30.8 Å². The van der Waals surface area contributed by atoms with E-state index < -0.39 is 0 Å². The van der Waals surface area contributed by atoms with Crippen molar-refractivity contribution in [3.8, 4) is 11.5 Å². The maximum atomic E-state index is 12.4. The lowest BCUT2D eigenvalue weighted by atomic mass is 10.1. The van der Waals surface area contributed by atoms with Crippen molar-refractivity contribution in [2.75, 3.05) is 19.7 Å². The van der Waals surface area contributed by atoms with Crippen LogP contribution in [0.1, 0.15) is 34.5 Å². The Morgan fingerprint density at radius 2 is 2.08 bits per heavy atom. The molecule has 1 aromatic carbocycles. The van der Waals surface area contributed by atoms with Gasteiger partial charge in [0.1, 0.15) is 11.5 Å². The maximum absolute atomic E-state index is 12.4. The van der Waals surface area contributed by atoms with Crippen LogP contribution in [0.3, 0.4) is 0 Å². The van der Waals surface area contributed by atoms with Crippen LogP contribution in [0.5, 0.6) is 11.5 Å². The maximum Gasteiger partial charge on any atom is 0.260 e. The van der Waals surface area contributed by atoms with E-state index in [1.165, 1.54) is 6.42 Å². The van der Waals surface area contributed by atoms with Gasteiger partial charge in [0, 0.05) is 30.1 Å². The summed E-state index contributed by atoms with van der Waals surface area (Å²) in [6.07, 6.45) is 5.04. The van der Waals surface area contributed by atoms with Crippen LogP contribution in [0.15, 0.2) is 41.5 Å². The molecule has 134 valence electrons. The quantitative estimate of drug-likeness (QED) is 0.770. The van der Waals surface area contributed by atoms with Crippen LogP contribution in [0, 0.1) is 0 Å². The second-order valence-electron chi connectivity index (χ2n) is 6.34. The van der Waals surface area contributed by atoms with Crippen molar-refractivity contribution in [3.05, 3.63) is 51.9 Å². The fourth-order valence-corrected chi connectivity index (χ4v) is 3.79. The van der Waals surface area contributed by atoms with Gasteiger partial charge in [-0.25, -0.2) is 0 Å². The number of allylic oxidation sites excluding steroid dienone is 1. The average Bonchev–Trinajstić information content (AvgIpc) is 3.29. The SMILES string of the molecule is O=C1C(=Cc2cccs2)Oc2cc(OCC(=O)N3CCCCC3)ccc21. The molecule has 3 heterocycles. The number of Topliss-reactive ketones (excluding diaryl/α,β-unsaturated/α-hetero) is 1. The summed E-state index contributed by atoms with van der Waals surface area (Å²) >= 11 is 1.54. The minimum absolute atomic E-state index is 0.000438. The van der Waals surface area contributed by atoms with Crippen LogP contribution in [0.25, 0.3) is 6.08 Å². The van der Waals surface area contributed by atoms with E-state index >= 15 is 0 Å². The van der Waals surface area contributed by atoms with Gasteiger partial charge < -0.3 is 14.4 Å². The van der Waals surface area contributed by atoms with Crippen LogP contribution in [-0.4, -0.2) is 36.3 Å². The number of carbonyl (C=O) groups excluding carboxylic acids is 2. The number of rotatable bonds is 4. The number of benzene rings is 1. The number of ketones is 1. The molecular formula is C20H19NO4S. The van der Waals surface area contributed by atoms with E-state index in [-0.39, 0.29) is 18.3 Å². The monoisotopic (exact) mass is 369 g/mol. The van der Waals surface area contributed by atoms with E-state index in [9.17, 15) is 9.59 Å². The largest absolute Gasteiger partial charge is 0.484 e. The van der Waals surface area contributed by atoms with Crippen molar-refractivity contribution in [2.45, 2.75) is 19.3 Å². The lowest BCUT2D eigenvalue weighted by Gasteiger charge is -2.26. The zero-order valence-corrected chi connectivity index (χ0v) is 15.1. The first-order valence-electron chi connectivity index (χ1n) is 8.73. The molecule has 0 bridgehead atoms. The Balaban J connectivity index is 1.42. The molecule has 2 aromatic rings. The third-order valence-electron chi connectivity index (χ3n) is 4.53. The van der Waals surface area contributed by atoms with Crippen molar-refractivity contribution in [1.82, 2.24) is 4.90 Å². The summed E-state index contributed by atoms with van der Waals surface area (Å²) < 4.78 is 11.3. The Bertz CT molecular complexity index is 851. The molecular weight excluding hydrogens is 350 g/mol. The van der Waals surface area contributed by atoms with Gasteiger partial charge in [-0.1, -0.05) is 6.07 Å². The molecule has 2 aliphatic heterocycles. The number of carbonyl (C=O) groups is 2. The summed E-state index contributed by atoms with van der Waals surface area (Å²) in [5, 5.41) is 1.95. The van der Waals surface area contributed by atoms with Gasteiger partial charge in [-0.2, -0.15) is 0 Å². The Labute approximate surface area is 155 Å². The number of hydrogen-bond acceptors (Lipinski definition) is 5. The van der Waals surface area contributed by atoms with E-state index in [4.69, 9.17) is 9.47 Å². The first-order valence-corrected chi connectivity index (χ1v) is 9.61. The van der Waals surface area contributed by atoms with Gasteiger partial charge in [-0.15, -0.1) is 11.3 Å². The molecule has 0 radical (unpaired) electrons. The number of fused-ring (bicyclic) bond motifs is 1. The molecule has 0 spiro atoms. The third kappa shape index (κ3) is 3.51. The molecule has 1 fully saturated rings. The van der Waals surface area contributed by atoms with Gasteiger partial charge in [0.2, 0.25) is 5.78 Å². The zero-order valence-electron chi connectivity index (χ0n) is 14.3. The molecule has 1 aromatic heterocycles. The number of ether oxygens (including phenoxy) is 2. The molecule has 0 unspecified atom stereocenters. The Morgan fingerprint density at radius 3 is 2.85 bits per heavy atom. The first-order chi connectivity index (χ1) is 12.7. The Kier molecular flexibility index (Phi) is 4.75. The second-order valence-corrected chi connectivity index (χ2v) is 7.32. The summed E-state index contributed by atoms with van der Waals surface area (Å²) in [5.74, 6) is 1.17. The van der Waals surface area contributed by atoms with Gasteiger partial charge in [-0.3, -0.25) is 9.59 Å². The highest BCUT2D eigenvalue weighted by Gasteiger charge is 2.28. The summed E-state index contributed by atoms with van der Waals surface area (Å²) in [6, 6.07) is 8.92. The summed E-state index contributed by atoms with van der Waals surface area (Å²) in [6.45, 7) is 1.62. The molecule has 0 saturated carbocycles. The summed E-state index contributed by atoms with van der Waals surface area (Å²) in [5.41, 5.74) is 0.516. The number of likely N-dealkylation sites (tertiary alicyclic amines) is 1. The van der Waals surface area contributed by atoms with Crippen molar-refractivity contribution < 1.29 is 19.1 Å². The highest BCUT2D eigenvalue weighted by Crippen LogP contribution is 2.35. The van der Waals surface area contributed by atoms with E-state index in [1.54, 1.807) is 35.6 Å². The molecule has 1 saturated heterocycles. The molecule has 0 N–H and O–H groups in total. The molecule has 26 heavy (non-hydrogen) atoms.